The Morgan fingerprint density at radius 2 is 1.38 bits per heavy atom. The van der Waals surface area contributed by atoms with Crippen LogP contribution in [0.5, 0.6) is 0 Å². The Morgan fingerprint density at radius 3 is 1.89 bits per heavy atom. The van der Waals surface area contributed by atoms with Crippen LogP contribution in [0.3, 0.4) is 0 Å². The summed E-state index contributed by atoms with van der Waals surface area (Å²) in [6.07, 6.45) is -0.165. The van der Waals surface area contributed by atoms with Gasteiger partial charge in [0.2, 0.25) is 0 Å². The van der Waals surface area contributed by atoms with E-state index in [4.69, 9.17) is 4.74 Å². The molecule has 3 rings (SSSR count). The van der Waals surface area contributed by atoms with Gasteiger partial charge in [-0.15, -0.1) is 0 Å². The number of anilines is 1. The molecule has 1 N–H and O–H groups in total. The van der Waals surface area contributed by atoms with Crippen LogP contribution in [0.1, 0.15) is 23.6 Å². The second-order valence-corrected chi connectivity index (χ2v) is 7.65. The van der Waals surface area contributed by atoms with E-state index in [1.807, 2.05) is 0 Å². The zero-order chi connectivity index (χ0) is 27.2. The van der Waals surface area contributed by atoms with E-state index in [9.17, 15) is 35.5 Å². The molecule has 0 saturated heterocycles. The number of allylic oxidation sites excluding steroid dienone is 2. The molecule has 3 nitrogen and oxygen atoms in total. The number of alkyl halides is 3. The van der Waals surface area contributed by atoms with Gasteiger partial charge < -0.3 is 10.1 Å². The standard InChI is InChI=1S/C27H20F7NO2/c1-2-37-25(36)26(18-14-7-4-8-15-18,16-10-9-13-17-11-5-3-6-12-17)35-24-22(30)20(28)19(27(32,33)34)21(29)23(24)31/h3-16,35H,2H2,1H3/b13-9+,16-10+. The van der Waals surface area contributed by atoms with Gasteiger partial charge in [-0.05, 0) is 24.1 Å². The molecule has 0 spiro atoms. The highest BCUT2D eigenvalue weighted by atomic mass is 19.4. The quantitative estimate of drug-likeness (QED) is 0.145. The van der Waals surface area contributed by atoms with Gasteiger partial charge in [0.1, 0.15) is 11.3 Å². The second-order valence-electron chi connectivity index (χ2n) is 7.65. The van der Waals surface area contributed by atoms with Gasteiger partial charge in [-0.1, -0.05) is 78.9 Å². The van der Waals surface area contributed by atoms with Crippen molar-refractivity contribution >= 4 is 17.7 Å². The number of rotatable bonds is 8. The Hall–Kier alpha value is -4.08. The fourth-order valence-electron chi connectivity index (χ4n) is 3.51. The van der Waals surface area contributed by atoms with Crippen LogP contribution in [-0.2, 0) is 21.2 Å². The maximum absolute atomic E-state index is 14.8. The predicted molar refractivity (Wildman–Crippen MR) is 124 cm³/mol. The molecule has 3 aromatic rings. The normalized spacial score (nSPS) is 13.6. The number of ether oxygens (including phenoxy) is 1. The lowest BCUT2D eigenvalue weighted by molar-refractivity contribution is -0.147. The Labute approximate surface area is 207 Å². The molecular formula is C27H20F7NO2. The van der Waals surface area contributed by atoms with Gasteiger partial charge in [0.25, 0.3) is 0 Å². The average molecular weight is 523 g/mol. The largest absolute Gasteiger partial charge is 0.464 e. The SMILES string of the molecule is CCOC(=O)C(/C=C/C=C/c1ccccc1)(Nc1c(F)c(F)c(C(F)(F)F)c(F)c1F)c1ccccc1. The van der Waals surface area contributed by atoms with E-state index in [0.29, 0.717) is 0 Å². The summed E-state index contributed by atoms with van der Waals surface area (Å²) in [5.74, 6) is -11.2. The molecule has 0 aliphatic heterocycles. The van der Waals surface area contributed by atoms with E-state index in [1.165, 1.54) is 43.3 Å². The van der Waals surface area contributed by atoms with Crippen molar-refractivity contribution in [2.24, 2.45) is 0 Å². The lowest BCUT2D eigenvalue weighted by Crippen LogP contribution is -2.44. The van der Waals surface area contributed by atoms with E-state index in [0.717, 1.165) is 11.6 Å². The molecule has 0 aliphatic rings. The van der Waals surface area contributed by atoms with Gasteiger partial charge in [0, 0.05) is 0 Å². The fourth-order valence-corrected chi connectivity index (χ4v) is 3.51. The zero-order valence-corrected chi connectivity index (χ0v) is 19.3. The van der Waals surface area contributed by atoms with Crippen LogP contribution in [0.25, 0.3) is 6.08 Å². The summed E-state index contributed by atoms with van der Waals surface area (Å²) < 4.78 is 103. The second kappa shape index (κ2) is 11.3. The predicted octanol–water partition coefficient (Wildman–Crippen LogP) is 7.40. The Balaban J connectivity index is 2.22. The smallest absolute Gasteiger partial charge is 0.422 e. The third-order valence-corrected chi connectivity index (χ3v) is 5.24. The van der Waals surface area contributed by atoms with Gasteiger partial charge in [-0.3, -0.25) is 0 Å². The van der Waals surface area contributed by atoms with Gasteiger partial charge in [0.15, 0.2) is 28.8 Å². The number of esters is 1. The summed E-state index contributed by atoms with van der Waals surface area (Å²) in [7, 11) is 0. The molecule has 3 aromatic carbocycles. The molecular weight excluding hydrogens is 503 g/mol. The van der Waals surface area contributed by atoms with E-state index in [-0.39, 0.29) is 12.2 Å². The van der Waals surface area contributed by atoms with Crippen LogP contribution in [0.2, 0.25) is 0 Å². The van der Waals surface area contributed by atoms with Crippen LogP contribution < -0.4 is 5.32 Å². The summed E-state index contributed by atoms with van der Waals surface area (Å²) in [4.78, 5) is 13.2. The highest BCUT2D eigenvalue weighted by Gasteiger charge is 2.45. The topological polar surface area (TPSA) is 38.3 Å². The molecule has 0 saturated carbocycles. The van der Waals surface area contributed by atoms with Crippen molar-refractivity contribution in [3.05, 3.63) is 119 Å². The van der Waals surface area contributed by atoms with Crippen LogP contribution in [0.15, 0.2) is 78.9 Å². The lowest BCUT2D eigenvalue weighted by atomic mass is 9.88. The number of benzene rings is 3. The molecule has 194 valence electrons. The first-order valence-corrected chi connectivity index (χ1v) is 10.9. The molecule has 0 radical (unpaired) electrons. The monoisotopic (exact) mass is 523 g/mol. The molecule has 0 amide bonds. The highest BCUT2D eigenvalue weighted by Crippen LogP contribution is 2.40. The molecule has 0 heterocycles. The molecule has 1 unspecified atom stereocenters. The highest BCUT2D eigenvalue weighted by molar-refractivity contribution is 5.89. The third-order valence-electron chi connectivity index (χ3n) is 5.24. The third kappa shape index (κ3) is 5.84. The van der Waals surface area contributed by atoms with E-state index in [2.05, 4.69) is 5.32 Å². The first-order valence-electron chi connectivity index (χ1n) is 10.9. The van der Waals surface area contributed by atoms with Gasteiger partial charge in [-0.2, -0.15) is 13.2 Å². The zero-order valence-electron chi connectivity index (χ0n) is 19.3. The van der Waals surface area contributed by atoms with E-state index < -0.39 is 52.2 Å². The minimum Gasteiger partial charge on any atom is -0.464 e. The van der Waals surface area contributed by atoms with Crippen molar-refractivity contribution in [1.29, 1.82) is 0 Å². The number of nitrogens with one attached hydrogen (secondary N) is 1. The van der Waals surface area contributed by atoms with Gasteiger partial charge >= 0.3 is 12.1 Å². The maximum atomic E-state index is 14.8. The van der Waals surface area contributed by atoms with Crippen LogP contribution in [0.4, 0.5) is 36.4 Å². The molecule has 0 aromatic heterocycles. The fraction of sp³-hybridized carbons (Fsp3) is 0.148. The molecule has 0 aliphatic carbocycles. The first kappa shape index (κ1) is 27.5. The van der Waals surface area contributed by atoms with Crippen molar-refractivity contribution in [3.8, 4) is 0 Å². The average Bonchev–Trinajstić information content (AvgIpc) is 2.87. The Bertz CT molecular complexity index is 1280. The van der Waals surface area contributed by atoms with Crippen LogP contribution in [-0.4, -0.2) is 12.6 Å². The van der Waals surface area contributed by atoms with Crippen molar-refractivity contribution in [2.45, 2.75) is 18.6 Å². The molecule has 0 bridgehead atoms. The van der Waals surface area contributed by atoms with Crippen molar-refractivity contribution in [3.63, 3.8) is 0 Å². The van der Waals surface area contributed by atoms with E-state index in [1.54, 1.807) is 42.5 Å². The number of halogens is 7. The maximum Gasteiger partial charge on any atom is 0.422 e. The van der Waals surface area contributed by atoms with Crippen LogP contribution >= 0.6 is 0 Å². The van der Waals surface area contributed by atoms with Crippen LogP contribution in [0, 0.1) is 23.3 Å². The minimum atomic E-state index is -5.71. The summed E-state index contributed by atoms with van der Waals surface area (Å²) in [6, 6.07) is 16.1. The Kier molecular flexibility index (Phi) is 8.42. The Morgan fingerprint density at radius 1 is 0.838 bits per heavy atom. The summed E-state index contributed by atoms with van der Waals surface area (Å²) in [6.45, 7) is 1.26. The summed E-state index contributed by atoms with van der Waals surface area (Å²) >= 11 is 0. The number of carbonyl (C=O) groups excluding carboxylic acids is 1. The summed E-state index contributed by atoms with van der Waals surface area (Å²) in [5, 5.41) is 2.10. The lowest BCUT2D eigenvalue weighted by Gasteiger charge is -2.31. The first-order chi connectivity index (χ1) is 17.5. The number of hydrogen-bond acceptors (Lipinski definition) is 3. The van der Waals surface area contributed by atoms with E-state index >= 15 is 0 Å². The molecule has 0 fully saturated rings. The van der Waals surface area contributed by atoms with Crippen molar-refractivity contribution < 1.29 is 40.3 Å². The molecule has 37 heavy (non-hydrogen) atoms. The summed E-state index contributed by atoms with van der Waals surface area (Å²) in [5.41, 5.74) is -5.84. The van der Waals surface area contributed by atoms with Crippen molar-refractivity contribution in [2.75, 3.05) is 11.9 Å². The van der Waals surface area contributed by atoms with Crippen molar-refractivity contribution in [1.82, 2.24) is 0 Å². The number of hydrogen-bond donors (Lipinski definition) is 1. The molecule has 10 heteroatoms. The van der Waals surface area contributed by atoms with Gasteiger partial charge in [-0.25, -0.2) is 22.4 Å². The molecule has 1 atom stereocenters. The number of carbonyl (C=O) groups is 1. The minimum absolute atomic E-state index is 0.0253. The van der Waals surface area contributed by atoms with Gasteiger partial charge in [0.05, 0.1) is 6.61 Å².